The predicted octanol–water partition coefficient (Wildman–Crippen LogP) is 3.24. The molecule has 0 heterocycles. The van der Waals surface area contributed by atoms with E-state index in [9.17, 15) is 13.2 Å². The second-order valence-electron chi connectivity index (χ2n) is 5.86. The summed E-state index contributed by atoms with van der Waals surface area (Å²) in [6.07, 6.45) is 1.10. The van der Waals surface area contributed by atoms with Crippen LogP contribution in [0.2, 0.25) is 5.02 Å². The number of halogens is 1. The number of benzene rings is 2. The van der Waals surface area contributed by atoms with Gasteiger partial charge in [0.25, 0.3) is 5.91 Å². The molecular formula is C18H21ClN2O4S. The van der Waals surface area contributed by atoms with Crippen molar-refractivity contribution in [3.05, 3.63) is 58.6 Å². The van der Waals surface area contributed by atoms with Crippen molar-refractivity contribution in [3.63, 3.8) is 0 Å². The van der Waals surface area contributed by atoms with Crippen molar-refractivity contribution in [2.75, 3.05) is 24.7 Å². The molecule has 6 nitrogen and oxygen atoms in total. The lowest BCUT2D eigenvalue weighted by Gasteiger charge is -2.20. The van der Waals surface area contributed by atoms with Gasteiger partial charge >= 0.3 is 0 Å². The van der Waals surface area contributed by atoms with Crippen LogP contribution in [0.25, 0.3) is 0 Å². The molecule has 26 heavy (non-hydrogen) atoms. The first-order valence-electron chi connectivity index (χ1n) is 7.81. The van der Waals surface area contributed by atoms with Crippen molar-refractivity contribution in [1.82, 2.24) is 5.32 Å². The zero-order chi connectivity index (χ0) is 19.5. The van der Waals surface area contributed by atoms with Gasteiger partial charge < -0.3 is 10.1 Å². The highest BCUT2D eigenvalue weighted by atomic mass is 35.5. The predicted molar refractivity (Wildman–Crippen MR) is 104 cm³/mol. The molecule has 0 bridgehead atoms. The van der Waals surface area contributed by atoms with Crippen LogP contribution in [0.1, 0.15) is 28.9 Å². The number of hydrogen-bond donors (Lipinski definition) is 1. The Labute approximate surface area is 158 Å². The Hall–Kier alpha value is -2.25. The van der Waals surface area contributed by atoms with Gasteiger partial charge in [0.15, 0.2) is 0 Å². The topological polar surface area (TPSA) is 75.7 Å². The number of carbonyl (C=O) groups is 1. The van der Waals surface area contributed by atoms with Gasteiger partial charge in [-0.2, -0.15) is 0 Å². The van der Waals surface area contributed by atoms with Crippen molar-refractivity contribution in [2.45, 2.75) is 13.0 Å². The number of carbonyl (C=O) groups excluding carboxylic acids is 1. The highest BCUT2D eigenvalue weighted by Crippen LogP contribution is 2.26. The molecule has 0 aliphatic heterocycles. The lowest BCUT2D eigenvalue weighted by Crippen LogP contribution is -2.28. The highest BCUT2D eigenvalue weighted by molar-refractivity contribution is 7.92. The maximum Gasteiger partial charge on any atom is 0.255 e. The number of hydrogen-bond acceptors (Lipinski definition) is 4. The molecule has 8 heteroatoms. The molecule has 0 aliphatic carbocycles. The van der Waals surface area contributed by atoms with E-state index >= 15 is 0 Å². The van der Waals surface area contributed by atoms with Crippen molar-refractivity contribution in [3.8, 4) is 5.75 Å². The summed E-state index contributed by atoms with van der Waals surface area (Å²) in [5.41, 5.74) is 1.52. The molecular weight excluding hydrogens is 376 g/mol. The fourth-order valence-corrected chi connectivity index (χ4v) is 2.99. The first kappa shape index (κ1) is 20.1. The van der Waals surface area contributed by atoms with Crippen molar-refractivity contribution >= 4 is 33.2 Å². The molecule has 2 aromatic rings. The largest absolute Gasteiger partial charge is 0.496 e. The third-order valence-corrected chi connectivity index (χ3v) is 5.46. The van der Waals surface area contributed by atoms with Gasteiger partial charge in [0.2, 0.25) is 10.0 Å². The fourth-order valence-electron chi connectivity index (χ4n) is 2.37. The van der Waals surface area contributed by atoms with Gasteiger partial charge in [-0.3, -0.25) is 9.10 Å². The lowest BCUT2D eigenvalue weighted by molar-refractivity contribution is 0.0937. The monoisotopic (exact) mass is 396 g/mol. The molecule has 1 N–H and O–H groups in total. The Bertz CT molecular complexity index is 898. The summed E-state index contributed by atoms with van der Waals surface area (Å²) in [5.74, 6) is -0.00971. The Kier molecular flexibility index (Phi) is 6.15. The van der Waals surface area contributed by atoms with Crippen LogP contribution in [0.15, 0.2) is 42.5 Å². The summed E-state index contributed by atoms with van der Waals surface area (Å²) in [4.78, 5) is 12.7. The van der Waals surface area contributed by atoms with Gasteiger partial charge in [0, 0.05) is 12.1 Å². The maximum atomic E-state index is 12.7. The van der Waals surface area contributed by atoms with Crippen molar-refractivity contribution in [1.29, 1.82) is 0 Å². The standard InChI is InChI=1S/C18H21ClN2O4S/c1-12(13-5-7-14(19)8-6-13)20-18(22)16-11-15(9-10-17(16)25-3)21(2)26(4,23)24/h5-12H,1-4H3,(H,20,22)/t12-/m1/s1. The summed E-state index contributed by atoms with van der Waals surface area (Å²) in [6, 6.07) is 11.5. The zero-order valence-electron chi connectivity index (χ0n) is 15.0. The van der Waals surface area contributed by atoms with Crippen molar-refractivity contribution in [2.24, 2.45) is 0 Å². The molecule has 140 valence electrons. The number of ether oxygens (including phenoxy) is 1. The van der Waals surface area contributed by atoms with E-state index in [1.807, 2.05) is 19.1 Å². The van der Waals surface area contributed by atoms with Crippen LogP contribution in [-0.4, -0.2) is 34.7 Å². The minimum atomic E-state index is -3.44. The van der Waals surface area contributed by atoms with Crippen LogP contribution in [-0.2, 0) is 10.0 Å². The lowest BCUT2D eigenvalue weighted by atomic mass is 10.1. The molecule has 0 unspecified atom stereocenters. The molecule has 0 aromatic heterocycles. The average molecular weight is 397 g/mol. The Morgan fingerprint density at radius 2 is 1.81 bits per heavy atom. The number of nitrogens with one attached hydrogen (secondary N) is 1. The number of rotatable bonds is 6. The molecule has 0 radical (unpaired) electrons. The Morgan fingerprint density at radius 1 is 1.19 bits per heavy atom. The van der Waals surface area contributed by atoms with Gasteiger partial charge in [-0.1, -0.05) is 23.7 Å². The van der Waals surface area contributed by atoms with E-state index in [2.05, 4.69) is 5.32 Å². The minimum Gasteiger partial charge on any atom is -0.496 e. The van der Waals surface area contributed by atoms with Crippen molar-refractivity contribution < 1.29 is 17.9 Å². The third-order valence-electron chi connectivity index (χ3n) is 4.01. The quantitative estimate of drug-likeness (QED) is 0.813. The zero-order valence-corrected chi connectivity index (χ0v) is 16.6. The molecule has 2 rings (SSSR count). The van der Waals surface area contributed by atoms with Gasteiger partial charge in [0.05, 0.1) is 30.7 Å². The number of nitrogens with zero attached hydrogens (tertiary/aromatic N) is 1. The van der Waals surface area contributed by atoms with E-state index in [0.717, 1.165) is 16.1 Å². The number of sulfonamides is 1. The Balaban J connectivity index is 2.30. The van der Waals surface area contributed by atoms with Gasteiger partial charge in [-0.25, -0.2) is 8.42 Å². The van der Waals surface area contributed by atoms with Crippen LogP contribution in [0.4, 0.5) is 5.69 Å². The van der Waals surface area contributed by atoms with Gasteiger partial charge in [-0.05, 0) is 42.8 Å². The van der Waals surface area contributed by atoms with Gasteiger partial charge in [-0.15, -0.1) is 0 Å². The Morgan fingerprint density at radius 3 is 2.35 bits per heavy atom. The maximum absolute atomic E-state index is 12.7. The van der Waals surface area contributed by atoms with Crippen LogP contribution in [0.3, 0.4) is 0 Å². The summed E-state index contributed by atoms with van der Waals surface area (Å²) in [5, 5.41) is 3.50. The number of amides is 1. The number of anilines is 1. The smallest absolute Gasteiger partial charge is 0.255 e. The summed E-state index contributed by atoms with van der Waals surface area (Å²) >= 11 is 5.88. The SMILES string of the molecule is COc1ccc(N(C)S(C)(=O)=O)cc1C(=O)N[C@H](C)c1ccc(Cl)cc1. The molecule has 0 aliphatic rings. The average Bonchev–Trinajstić information content (AvgIpc) is 2.60. The molecule has 2 aromatic carbocycles. The van der Waals surface area contributed by atoms with E-state index in [1.54, 1.807) is 24.3 Å². The molecule has 1 atom stereocenters. The van der Waals surface area contributed by atoms with Crippen LogP contribution >= 0.6 is 11.6 Å². The molecule has 0 saturated carbocycles. The normalized spacial score (nSPS) is 12.3. The summed E-state index contributed by atoms with van der Waals surface area (Å²) in [6.45, 7) is 1.85. The number of methoxy groups -OCH3 is 1. The summed E-state index contributed by atoms with van der Waals surface area (Å²) in [7, 11) is -0.561. The van der Waals surface area contributed by atoms with Crippen LogP contribution < -0.4 is 14.4 Å². The van der Waals surface area contributed by atoms with Crippen LogP contribution in [0.5, 0.6) is 5.75 Å². The first-order chi connectivity index (χ1) is 12.1. The highest BCUT2D eigenvalue weighted by Gasteiger charge is 2.19. The molecule has 0 fully saturated rings. The second-order valence-corrected chi connectivity index (χ2v) is 8.31. The van der Waals surface area contributed by atoms with E-state index < -0.39 is 10.0 Å². The third kappa shape index (κ3) is 4.68. The van der Waals surface area contributed by atoms with Crippen LogP contribution in [0, 0.1) is 0 Å². The van der Waals surface area contributed by atoms with E-state index in [4.69, 9.17) is 16.3 Å². The molecule has 0 spiro atoms. The first-order valence-corrected chi connectivity index (χ1v) is 10.0. The van der Waals surface area contributed by atoms with E-state index in [0.29, 0.717) is 16.5 Å². The van der Waals surface area contributed by atoms with Gasteiger partial charge in [0.1, 0.15) is 5.75 Å². The van der Waals surface area contributed by atoms with E-state index in [1.165, 1.54) is 20.2 Å². The summed E-state index contributed by atoms with van der Waals surface area (Å²) < 4.78 is 29.8. The minimum absolute atomic E-state index is 0.251. The molecule has 1 amide bonds. The fraction of sp³-hybridized carbons (Fsp3) is 0.278. The van der Waals surface area contributed by atoms with E-state index in [-0.39, 0.29) is 17.5 Å². The molecule has 0 saturated heterocycles. The second kappa shape index (κ2) is 7.97.